The minimum atomic E-state index is 0.357. The molecule has 16 heavy (non-hydrogen) atoms. The molecule has 1 atom stereocenters. The van der Waals surface area contributed by atoms with Crippen molar-refractivity contribution in [2.45, 2.75) is 52.0 Å². The number of hydrogen-bond acceptors (Lipinski definition) is 2. The maximum absolute atomic E-state index is 12.0. The predicted molar refractivity (Wildman–Crippen MR) is 67.4 cm³/mol. The van der Waals surface area contributed by atoms with Gasteiger partial charge in [-0.2, -0.15) is 0 Å². The van der Waals surface area contributed by atoms with E-state index in [0.717, 1.165) is 32.4 Å². The van der Waals surface area contributed by atoms with E-state index in [9.17, 15) is 4.79 Å². The molecule has 0 aromatic rings. The Labute approximate surface area is 99.6 Å². The molecule has 1 aliphatic rings. The van der Waals surface area contributed by atoms with Crippen LogP contribution in [0.4, 0.5) is 0 Å². The number of likely N-dealkylation sites (tertiary alicyclic amines) is 1. The van der Waals surface area contributed by atoms with E-state index in [1.54, 1.807) is 0 Å². The Hall–Kier alpha value is -0.570. The van der Waals surface area contributed by atoms with Crippen molar-refractivity contribution in [2.75, 3.05) is 20.1 Å². The monoisotopic (exact) mass is 226 g/mol. The largest absolute Gasteiger partial charge is 0.343 e. The van der Waals surface area contributed by atoms with Crippen LogP contribution in [0, 0.1) is 5.92 Å². The van der Waals surface area contributed by atoms with Crippen molar-refractivity contribution in [2.24, 2.45) is 5.92 Å². The molecule has 1 rings (SSSR count). The lowest BCUT2D eigenvalue weighted by Crippen LogP contribution is -2.44. The van der Waals surface area contributed by atoms with Gasteiger partial charge in [-0.25, -0.2) is 0 Å². The molecular weight excluding hydrogens is 200 g/mol. The lowest BCUT2D eigenvalue weighted by molar-refractivity contribution is -0.133. The standard InChI is InChI=1S/C13H26N2O/c1-4-5-11(2)10-13(16)15-8-6-12(14-3)7-9-15/h11-12,14H,4-10H2,1-3H3. The van der Waals surface area contributed by atoms with E-state index in [-0.39, 0.29) is 0 Å². The van der Waals surface area contributed by atoms with Gasteiger partial charge in [0.15, 0.2) is 0 Å². The highest BCUT2D eigenvalue weighted by molar-refractivity contribution is 5.76. The highest BCUT2D eigenvalue weighted by Gasteiger charge is 2.22. The average Bonchev–Trinajstić information content (AvgIpc) is 2.29. The van der Waals surface area contributed by atoms with Crippen LogP contribution in [0.5, 0.6) is 0 Å². The normalized spacial score (nSPS) is 19.8. The Morgan fingerprint density at radius 2 is 2.06 bits per heavy atom. The molecule has 0 aromatic carbocycles. The minimum absolute atomic E-state index is 0.357. The third-order valence-corrected chi connectivity index (χ3v) is 3.56. The number of carbonyl (C=O) groups is 1. The third-order valence-electron chi connectivity index (χ3n) is 3.56. The van der Waals surface area contributed by atoms with Crippen LogP contribution in [0.3, 0.4) is 0 Å². The average molecular weight is 226 g/mol. The summed E-state index contributed by atoms with van der Waals surface area (Å²) in [6, 6.07) is 0.608. The van der Waals surface area contributed by atoms with Gasteiger partial charge in [0, 0.05) is 25.6 Å². The van der Waals surface area contributed by atoms with Gasteiger partial charge in [0.25, 0.3) is 0 Å². The SMILES string of the molecule is CCCC(C)CC(=O)N1CCC(NC)CC1. The quantitative estimate of drug-likeness (QED) is 0.778. The van der Waals surface area contributed by atoms with Crippen LogP contribution in [-0.4, -0.2) is 37.0 Å². The first-order valence-electron chi connectivity index (χ1n) is 6.62. The summed E-state index contributed by atoms with van der Waals surface area (Å²) in [5.41, 5.74) is 0. The zero-order valence-electron chi connectivity index (χ0n) is 11.0. The minimum Gasteiger partial charge on any atom is -0.343 e. The molecule has 94 valence electrons. The van der Waals surface area contributed by atoms with Gasteiger partial charge in [0.2, 0.25) is 5.91 Å². The summed E-state index contributed by atoms with van der Waals surface area (Å²) < 4.78 is 0. The van der Waals surface area contributed by atoms with Crippen LogP contribution < -0.4 is 5.32 Å². The maximum Gasteiger partial charge on any atom is 0.222 e. The van der Waals surface area contributed by atoms with Gasteiger partial charge in [0.05, 0.1) is 0 Å². The Balaban J connectivity index is 2.27. The molecule has 1 fully saturated rings. The molecule has 1 unspecified atom stereocenters. The molecule has 3 nitrogen and oxygen atoms in total. The Morgan fingerprint density at radius 1 is 1.44 bits per heavy atom. The fraction of sp³-hybridized carbons (Fsp3) is 0.923. The van der Waals surface area contributed by atoms with E-state index in [2.05, 4.69) is 19.2 Å². The Morgan fingerprint density at radius 3 is 2.56 bits per heavy atom. The second-order valence-corrected chi connectivity index (χ2v) is 5.04. The van der Waals surface area contributed by atoms with Crippen LogP contribution >= 0.6 is 0 Å². The third kappa shape index (κ3) is 4.12. The highest BCUT2D eigenvalue weighted by Crippen LogP contribution is 2.15. The van der Waals surface area contributed by atoms with Crippen LogP contribution in [0.15, 0.2) is 0 Å². The molecule has 1 N–H and O–H groups in total. The van der Waals surface area contributed by atoms with Gasteiger partial charge in [0.1, 0.15) is 0 Å². The highest BCUT2D eigenvalue weighted by atomic mass is 16.2. The van der Waals surface area contributed by atoms with E-state index < -0.39 is 0 Å². The van der Waals surface area contributed by atoms with Crippen LogP contribution in [-0.2, 0) is 4.79 Å². The second-order valence-electron chi connectivity index (χ2n) is 5.04. The summed E-state index contributed by atoms with van der Waals surface area (Å²) in [6.07, 6.45) is 5.28. The van der Waals surface area contributed by atoms with Gasteiger partial charge in [-0.05, 0) is 25.8 Å². The number of rotatable bonds is 5. The van der Waals surface area contributed by atoms with E-state index in [1.165, 1.54) is 12.8 Å². The number of amides is 1. The molecule has 0 saturated carbocycles. The molecule has 3 heteroatoms. The van der Waals surface area contributed by atoms with Crippen LogP contribution in [0.25, 0.3) is 0 Å². The molecule has 0 bridgehead atoms. The van der Waals surface area contributed by atoms with Crippen molar-refractivity contribution >= 4 is 5.91 Å². The number of piperidine rings is 1. The van der Waals surface area contributed by atoms with E-state index in [4.69, 9.17) is 0 Å². The van der Waals surface area contributed by atoms with E-state index in [0.29, 0.717) is 17.9 Å². The van der Waals surface area contributed by atoms with Crippen molar-refractivity contribution in [1.82, 2.24) is 10.2 Å². The fourth-order valence-electron chi connectivity index (χ4n) is 2.44. The topological polar surface area (TPSA) is 32.3 Å². The zero-order valence-corrected chi connectivity index (χ0v) is 11.0. The van der Waals surface area contributed by atoms with Gasteiger partial charge in [-0.1, -0.05) is 26.7 Å². The number of nitrogens with one attached hydrogen (secondary N) is 1. The predicted octanol–water partition coefficient (Wildman–Crippen LogP) is 2.02. The summed E-state index contributed by atoms with van der Waals surface area (Å²) >= 11 is 0. The molecule has 1 saturated heterocycles. The number of nitrogens with zero attached hydrogens (tertiary/aromatic N) is 1. The van der Waals surface area contributed by atoms with Gasteiger partial charge < -0.3 is 10.2 Å². The lowest BCUT2D eigenvalue weighted by Gasteiger charge is -2.32. The summed E-state index contributed by atoms with van der Waals surface area (Å²) in [6.45, 7) is 6.23. The summed E-state index contributed by atoms with van der Waals surface area (Å²) in [4.78, 5) is 14.0. The van der Waals surface area contributed by atoms with Crippen molar-refractivity contribution in [3.8, 4) is 0 Å². The van der Waals surface area contributed by atoms with E-state index >= 15 is 0 Å². The molecule has 0 spiro atoms. The zero-order chi connectivity index (χ0) is 12.0. The molecule has 1 heterocycles. The van der Waals surface area contributed by atoms with Crippen molar-refractivity contribution in [3.63, 3.8) is 0 Å². The smallest absolute Gasteiger partial charge is 0.222 e. The molecular formula is C13H26N2O. The van der Waals surface area contributed by atoms with Gasteiger partial charge in [-0.15, -0.1) is 0 Å². The van der Waals surface area contributed by atoms with Gasteiger partial charge in [-0.3, -0.25) is 4.79 Å². The number of carbonyl (C=O) groups excluding carboxylic acids is 1. The molecule has 0 radical (unpaired) electrons. The molecule has 1 amide bonds. The molecule has 0 aliphatic carbocycles. The Bertz CT molecular complexity index is 210. The number of hydrogen-bond donors (Lipinski definition) is 1. The summed E-state index contributed by atoms with van der Waals surface area (Å²) in [7, 11) is 2.01. The molecule has 0 aromatic heterocycles. The van der Waals surface area contributed by atoms with Crippen molar-refractivity contribution in [3.05, 3.63) is 0 Å². The lowest BCUT2D eigenvalue weighted by atomic mass is 9.99. The second kappa shape index (κ2) is 6.89. The van der Waals surface area contributed by atoms with Crippen molar-refractivity contribution < 1.29 is 4.79 Å². The van der Waals surface area contributed by atoms with Crippen LogP contribution in [0.2, 0.25) is 0 Å². The fourth-order valence-corrected chi connectivity index (χ4v) is 2.44. The summed E-state index contributed by atoms with van der Waals surface area (Å²) in [5.74, 6) is 0.898. The molecule has 1 aliphatic heterocycles. The summed E-state index contributed by atoms with van der Waals surface area (Å²) in [5, 5.41) is 3.29. The maximum atomic E-state index is 12.0. The van der Waals surface area contributed by atoms with E-state index in [1.807, 2.05) is 11.9 Å². The first-order chi connectivity index (χ1) is 7.67. The first kappa shape index (κ1) is 13.5. The van der Waals surface area contributed by atoms with Crippen molar-refractivity contribution in [1.29, 1.82) is 0 Å². The van der Waals surface area contributed by atoms with Gasteiger partial charge >= 0.3 is 0 Å². The van der Waals surface area contributed by atoms with Crippen LogP contribution in [0.1, 0.15) is 46.0 Å². The Kier molecular flexibility index (Phi) is 5.81. The first-order valence-corrected chi connectivity index (χ1v) is 6.62.